The van der Waals surface area contributed by atoms with E-state index >= 15 is 0 Å². The lowest BCUT2D eigenvalue weighted by molar-refractivity contribution is -0.122. The number of nitrogens with one attached hydrogen (secondary N) is 1. The molecule has 7 heteroatoms. The van der Waals surface area contributed by atoms with Crippen LogP contribution in [0.25, 0.3) is 0 Å². The maximum atomic E-state index is 12.3. The van der Waals surface area contributed by atoms with Gasteiger partial charge in [0.25, 0.3) is 5.91 Å². The quantitative estimate of drug-likeness (QED) is 0.616. The van der Waals surface area contributed by atoms with Crippen LogP contribution in [-0.4, -0.2) is 28.0 Å². The molecule has 1 N–H and O–H groups in total. The molecule has 0 aliphatic rings. The van der Waals surface area contributed by atoms with Gasteiger partial charge in [0.15, 0.2) is 10.4 Å². The number of hydrogen-bond acceptors (Lipinski definition) is 6. The second-order valence-electron chi connectivity index (χ2n) is 4.63. The lowest BCUT2D eigenvalue weighted by Gasteiger charge is -2.16. The van der Waals surface area contributed by atoms with E-state index in [-0.39, 0.29) is 5.91 Å². The molecule has 0 unspecified atom stereocenters. The minimum absolute atomic E-state index is 0.201. The van der Waals surface area contributed by atoms with Gasteiger partial charge in [0.05, 0.1) is 0 Å². The van der Waals surface area contributed by atoms with Crippen molar-refractivity contribution in [3.8, 4) is 5.75 Å². The maximum Gasteiger partial charge on any atom is 0.267 e. The molecule has 0 saturated heterocycles. The largest absolute Gasteiger partial charge is 0.481 e. The average molecular weight is 337 g/mol. The minimum atomic E-state index is -0.548. The second-order valence-corrected chi connectivity index (χ2v) is 7.12. The molecular formula is C15H19N3O2S2. The lowest BCUT2D eigenvalue weighted by atomic mass is 10.2. The van der Waals surface area contributed by atoms with E-state index in [0.717, 1.165) is 15.7 Å². The summed E-state index contributed by atoms with van der Waals surface area (Å²) in [4.78, 5) is 12.3. The SMILES string of the molecule is CCSc1nnc(NC(=O)[C@@H](CC)Oc2cccc(C)c2)s1. The predicted molar refractivity (Wildman–Crippen MR) is 90.8 cm³/mol. The van der Waals surface area contributed by atoms with Crippen molar-refractivity contribution in [1.82, 2.24) is 10.2 Å². The number of aryl methyl sites for hydroxylation is 1. The van der Waals surface area contributed by atoms with E-state index < -0.39 is 6.10 Å². The highest BCUT2D eigenvalue weighted by Gasteiger charge is 2.20. The van der Waals surface area contributed by atoms with Gasteiger partial charge in [0, 0.05) is 0 Å². The zero-order valence-corrected chi connectivity index (χ0v) is 14.5. The number of ether oxygens (including phenoxy) is 1. The molecule has 1 atom stereocenters. The molecule has 2 aromatic rings. The van der Waals surface area contributed by atoms with Crippen LogP contribution in [0.3, 0.4) is 0 Å². The van der Waals surface area contributed by atoms with E-state index in [4.69, 9.17) is 4.74 Å². The molecule has 2 rings (SSSR count). The molecule has 0 aliphatic carbocycles. The van der Waals surface area contributed by atoms with Crippen LogP contribution in [0.5, 0.6) is 5.75 Å². The van der Waals surface area contributed by atoms with Crippen LogP contribution in [0.2, 0.25) is 0 Å². The Kier molecular flexibility index (Phi) is 6.21. The standard InChI is InChI=1S/C15H19N3O2S2/c1-4-12(20-11-8-6-7-10(3)9-11)13(19)16-14-17-18-15(22-14)21-5-2/h6-9,12H,4-5H2,1-3H3,(H,16,17,19)/t12-/m1/s1. The lowest BCUT2D eigenvalue weighted by Crippen LogP contribution is -2.32. The number of aromatic nitrogens is 2. The summed E-state index contributed by atoms with van der Waals surface area (Å²) >= 11 is 2.98. The molecular weight excluding hydrogens is 318 g/mol. The van der Waals surface area contributed by atoms with Gasteiger partial charge in [-0.1, -0.05) is 49.1 Å². The van der Waals surface area contributed by atoms with Crippen molar-refractivity contribution in [2.24, 2.45) is 0 Å². The van der Waals surface area contributed by atoms with E-state index in [9.17, 15) is 4.79 Å². The molecule has 1 amide bonds. The molecule has 0 radical (unpaired) electrons. The first-order valence-corrected chi connectivity index (χ1v) is 8.93. The first kappa shape index (κ1) is 16.8. The summed E-state index contributed by atoms with van der Waals surface area (Å²) in [5.41, 5.74) is 1.10. The van der Waals surface area contributed by atoms with Crippen molar-refractivity contribution in [3.05, 3.63) is 29.8 Å². The highest BCUT2D eigenvalue weighted by Crippen LogP contribution is 2.25. The number of nitrogens with zero attached hydrogens (tertiary/aromatic N) is 2. The fraction of sp³-hybridized carbons (Fsp3) is 0.400. The monoisotopic (exact) mass is 337 g/mol. The molecule has 0 fully saturated rings. The fourth-order valence-electron chi connectivity index (χ4n) is 1.80. The van der Waals surface area contributed by atoms with Crippen molar-refractivity contribution in [3.63, 3.8) is 0 Å². The van der Waals surface area contributed by atoms with Crippen LogP contribution in [0.1, 0.15) is 25.8 Å². The Balaban J connectivity index is 1.98. The number of anilines is 1. The van der Waals surface area contributed by atoms with Crippen LogP contribution in [0.15, 0.2) is 28.6 Å². The van der Waals surface area contributed by atoms with Crippen LogP contribution in [0.4, 0.5) is 5.13 Å². The molecule has 0 bridgehead atoms. The Morgan fingerprint density at radius 1 is 1.41 bits per heavy atom. The van der Waals surface area contributed by atoms with Crippen LogP contribution in [-0.2, 0) is 4.79 Å². The average Bonchev–Trinajstić information content (AvgIpc) is 2.92. The van der Waals surface area contributed by atoms with Crippen molar-refractivity contribution in [2.75, 3.05) is 11.1 Å². The van der Waals surface area contributed by atoms with Crippen LogP contribution >= 0.6 is 23.1 Å². The number of thioether (sulfide) groups is 1. The molecule has 1 aromatic heterocycles. The molecule has 0 saturated carbocycles. The summed E-state index contributed by atoms with van der Waals surface area (Å²) in [6.45, 7) is 5.95. The molecule has 118 valence electrons. The summed E-state index contributed by atoms with van der Waals surface area (Å²) < 4.78 is 6.62. The first-order chi connectivity index (χ1) is 10.6. The van der Waals surface area contributed by atoms with Gasteiger partial charge in [0.2, 0.25) is 5.13 Å². The second kappa shape index (κ2) is 8.14. The predicted octanol–water partition coefficient (Wildman–Crippen LogP) is 3.75. The van der Waals surface area contributed by atoms with E-state index in [1.807, 2.05) is 45.0 Å². The highest BCUT2D eigenvalue weighted by atomic mass is 32.2. The van der Waals surface area contributed by atoms with E-state index in [1.54, 1.807) is 11.8 Å². The summed E-state index contributed by atoms with van der Waals surface area (Å²) in [7, 11) is 0. The Bertz CT molecular complexity index is 631. The third-order valence-electron chi connectivity index (χ3n) is 2.84. The third-order valence-corrected chi connectivity index (χ3v) is 4.69. The molecule has 1 heterocycles. The Morgan fingerprint density at radius 2 is 2.23 bits per heavy atom. The number of amides is 1. The van der Waals surface area contributed by atoms with Gasteiger partial charge in [-0.15, -0.1) is 10.2 Å². The smallest absolute Gasteiger partial charge is 0.267 e. The zero-order valence-electron chi connectivity index (χ0n) is 12.8. The number of benzene rings is 1. The summed E-state index contributed by atoms with van der Waals surface area (Å²) in [5, 5.41) is 11.3. The Labute approximate surface area is 138 Å². The number of rotatable bonds is 7. The van der Waals surface area contributed by atoms with Gasteiger partial charge in [-0.05, 0) is 36.8 Å². The first-order valence-electron chi connectivity index (χ1n) is 7.12. The zero-order chi connectivity index (χ0) is 15.9. The van der Waals surface area contributed by atoms with Gasteiger partial charge in [0.1, 0.15) is 5.75 Å². The van der Waals surface area contributed by atoms with Gasteiger partial charge in [-0.2, -0.15) is 0 Å². The molecule has 22 heavy (non-hydrogen) atoms. The topological polar surface area (TPSA) is 64.1 Å². The van der Waals surface area contributed by atoms with Gasteiger partial charge >= 0.3 is 0 Å². The van der Waals surface area contributed by atoms with Gasteiger partial charge < -0.3 is 4.74 Å². The molecule has 5 nitrogen and oxygen atoms in total. The number of carbonyl (C=O) groups excluding carboxylic acids is 1. The highest BCUT2D eigenvalue weighted by molar-refractivity contribution is 8.01. The summed E-state index contributed by atoms with van der Waals surface area (Å²) in [5.74, 6) is 1.42. The maximum absolute atomic E-state index is 12.3. The number of carbonyl (C=O) groups is 1. The summed E-state index contributed by atoms with van der Waals surface area (Å²) in [6.07, 6.45) is 0.0303. The van der Waals surface area contributed by atoms with Crippen molar-refractivity contribution < 1.29 is 9.53 Å². The van der Waals surface area contributed by atoms with Gasteiger partial charge in [-0.25, -0.2) is 0 Å². The van der Waals surface area contributed by atoms with Crippen molar-refractivity contribution >= 4 is 34.1 Å². The normalized spacial score (nSPS) is 12.0. The molecule has 1 aromatic carbocycles. The van der Waals surface area contributed by atoms with Gasteiger partial charge in [-0.3, -0.25) is 10.1 Å². The van der Waals surface area contributed by atoms with E-state index in [2.05, 4.69) is 15.5 Å². The number of hydrogen-bond donors (Lipinski definition) is 1. The fourth-order valence-corrected chi connectivity index (χ4v) is 3.46. The summed E-state index contributed by atoms with van der Waals surface area (Å²) in [6, 6.07) is 7.66. The molecule has 0 spiro atoms. The van der Waals surface area contributed by atoms with Crippen LogP contribution in [0, 0.1) is 6.92 Å². The molecule has 0 aliphatic heterocycles. The Hall–Kier alpha value is -1.60. The third kappa shape index (κ3) is 4.71. The minimum Gasteiger partial charge on any atom is -0.481 e. The van der Waals surface area contributed by atoms with E-state index in [1.165, 1.54) is 11.3 Å². The van der Waals surface area contributed by atoms with Crippen molar-refractivity contribution in [2.45, 2.75) is 37.6 Å². The Morgan fingerprint density at radius 3 is 2.91 bits per heavy atom. The van der Waals surface area contributed by atoms with Crippen molar-refractivity contribution in [1.29, 1.82) is 0 Å². The van der Waals surface area contributed by atoms with Crippen LogP contribution < -0.4 is 10.1 Å². The van der Waals surface area contributed by atoms with E-state index in [0.29, 0.717) is 17.3 Å².